The molecule has 1 aliphatic rings. The van der Waals surface area contributed by atoms with Crippen molar-refractivity contribution in [2.45, 2.75) is 45.6 Å². The molecule has 18 heavy (non-hydrogen) atoms. The summed E-state index contributed by atoms with van der Waals surface area (Å²) in [5.74, 6) is 1.65. The van der Waals surface area contributed by atoms with Crippen LogP contribution in [0.3, 0.4) is 0 Å². The molecule has 100 valence electrons. The number of nitrogens with zero attached hydrogens (tertiary/aromatic N) is 1. The molecule has 1 fully saturated rings. The number of hydrogen-bond donors (Lipinski definition) is 0. The Morgan fingerprint density at radius 3 is 2.44 bits per heavy atom. The Labute approximate surface area is 111 Å². The van der Waals surface area contributed by atoms with Crippen molar-refractivity contribution in [2.24, 2.45) is 0 Å². The van der Waals surface area contributed by atoms with Crippen LogP contribution in [0.2, 0.25) is 0 Å². The van der Waals surface area contributed by atoms with E-state index in [1.807, 2.05) is 0 Å². The topological polar surface area (TPSA) is 12.5 Å². The summed E-state index contributed by atoms with van der Waals surface area (Å²) in [6, 6.07) is 6.60. The van der Waals surface area contributed by atoms with Crippen molar-refractivity contribution >= 4 is 0 Å². The predicted octanol–water partition coefficient (Wildman–Crippen LogP) is 3.59. The summed E-state index contributed by atoms with van der Waals surface area (Å²) < 4.78 is 6.14. The second kappa shape index (κ2) is 5.75. The van der Waals surface area contributed by atoms with Crippen LogP contribution in [-0.4, -0.2) is 31.1 Å². The second-order valence-electron chi connectivity index (χ2n) is 5.80. The van der Waals surface area contributed by atoms with Gasteiger partial charge in [-0.3, -0.25) is 0 Å². The zero-order chi connectivity index (χ0) is 13.1. The van der Waals surface area contributed by atoms with Crippen molar-refractivity contribution in [3.63, 3.8) is 0 Å². The lowest BCUT2D eigenvalue weighted by molar-refractivity contribution is 0.113. The van der Waals surface area contributed by atoms with E-state index < -0.39 is 0 Å². The number of rotatable bonds is 3. The first-order chi connectivity index (χ1) is 8.56. The third kappa shape index (κ3) is 3.26. The third-order valence-electron chi connectivity index (χ3n) is 3.82. The maximum atomic E-state index is 6.14. The van der Waals surface area contributed by atoms with Crippen LogP contribution in [0.5, 0.6) is 5.75 Å². The second-order valence-corrected chi connectivity index (χ2v) is 5.80. The zero-order valence-corrected chi connectivity index (χ0v) is 12.1. The van der Waals surface area contributed by atoms with E-state index in [1.54, 1.807) is 0 Å². The maximum Gasteiger partial charge on any atom is 0.122 e. The quantitative estimate of drug-likeness (QED) is 0.809. The molecule has 0 saturated carbocycles. The van der Waals surface area contributed by atoms with Gasteiger partial charge in [0.1, 0.15) is 11.9 Å². The average Bonchev–Trinajstić information content (AvgIpc) is 2.34. The number of benzene rings is 1. The fraction of sp³-hybridized carbons (Fsp3) is 0.625. The monoisotopic (exact) mass is 247 g/mol. The molecule has 1 saturated heterocycles. The van der Waals surface area contributed by atoms with Crippen LogP contribution in [-0.2, 0) is 0 Å². The highest BCUT2D eigenvalue weighted by atomic mass is 16.5. The van der Waals surface area contributed by atoms with Gasteiger partial charge in [-0.1, -0.05) is 26.0 Å². The lowest BCUT2D eigenvalue weighted by atomic mass is 10.0. The molecule has 2 heteroatoms. The molecule has 0 aliphatic carbocycles. The number of hydrogen-bond acceptors (Lipinski definition) is 2. The van der Waals surface area contributed by atoms with Crippen LogP contribution in [0.1, 0.15) is 43.7 Å². The predicted molar refractivity (Wildman–Crippen MR) is 76.4 cm³/mol. The lowest BCUT2D eigenvalue weighted by Gasteiger charge is -2.29. The Morgan fingerprint density at radius 2 is 1.89 bits per heavy atom. The van der Waals surface area contributed by atoms with Gasteiger partial charge in [-0.15, -0.1) is 0 Å². The molecule has 0 amide bonds. The minimum atomic E-state index is 0.393. The van der Waals surface area contributed by atoms with E-state index in [0.29, 0.717) is 12.0 Å². The van der Waals surface area contributed by atoms with Gasteiger partial charge < -0.3 is 9.64 Å². The van der Waals surface area contributed by atoms with Gasteiger partial charge >= 0.3 is 0 Å². The van der Waals surface area contributed by atoms with Crippen molar-refractivity contribution in [3.8, 4) is 5.75 Å². The van der Waals surface area contributed by atoms with Crippen LogP contribution in [0.4, 0.5) is 0 Å². The van der Waals surface area contributed by atoms with E-state index in [1.165, 1.54) is 11.1 Å². The van der Waals surface area contributed by atoms with Crippen LogP contribution >= 0.6 is 0 Å². The van der Waals surface area contributed by atoms with Crippen molar-refractivity contribution in [3.05, 3.63) is 29.3 Å². The van der Waals surface area contributed by atoms with E-state index in [9.17, 15) is 0 Å². The fourth-order valence-electron chi connectivity index (χ4n) is 2.45. The van der Waals surface area contributed by atoms with Gasteiger partial charge in [-0.2, -0.15) is 0 Å². The van der Waals surface area contributed by atoms with Crippen LogP contribution in [0, 0.1) is 6.92 Å². The fourth-order valence-corrected chi connectivity index (χ4v) is 2.45. The van der Waals surface area contributed by atoms with E-state index in [0.717, 1.165) is 31.7 Å². The van der Waals surface area contributed by atoms with Crippen molar-refractivity contribution < 1.29 is 4.74 Å². The summed E-state index contributed by atoms with van der Waals surface area (Å²) in [6.07, 6.45) is 2.67. The Hall–Kier alpha value is -1.02. The van der Waals surface area contributed by atoms with Crippen LogP contribution < -0.4 is 4.74 Å². The maximum absolute atomic E-state index is 6.14. The van der Waals surface area contributed by atoms with Crippen molar-refractivity contribution in [2.75, 3.05) is 20.1 Å². The summed E-state index contributed by atoms with van der Waals surface area (Å²) >= 11 is 0. The Balaban J connectivity index is 2.01. The largest absolute Gasteiger partial charge is 0.490 e. The summed E-state index contributed by atoms with van der Waals surface area (Å²) in [5.41, 5.74) is 2.66. The standard InChI is InChI=1S/C16H25NO/c1-12(2)14-5-6-16(13(3)11-14)18-15-7-9-17(4)10-8-15/h5-6,11-12,15H,7-10H2,1-4H3. The molecule has 0 N–H and O–H groups in total. The number of likely N-dealkylation sites (tertiary alicyclic amines) is 1. The molecule has 1 aromatic carbocycles. The summed E-state index contributed by atoms with van der Waals surface area (Å²) in [5, 5.41) is 0. The molecule has 0 spiro atoms. The molecule has 0 radical (unpaired) electrons. The average molecular weight is 247 g/mol. The normalized spacial score (nSPS) is 18.3. The van der Waals surface area contributed by atoms with Gasteiger partial charge in [0.2, 0.25) is 0 Å². The Bertz CT molecular complexity index is 392. The number of piperidine rings is 1. The van der Waals surface area contributed by atoms with E-state index in [-0.39, 0.29) is 0 Å². The molecule has 0 aromatic heterocycles. The van der Waals surface area contributed by atoms with Gasteiger partial charge in [-0.25, -0.2) is 0 Å². The lowest BCUT2D eigenvalue weighted by Crippen LogP contribution is -2.35. The Morgan fingerprint density at radius 1 is 1.22 bits per heavy atom. The van der Waals surface area contributed by atoms with E-state index in [2.05, 4.69) is 50.9 Å². The molecule has 0 atom stereocenters. The molecule has 1 aromatic rings. The molecular weight excluding hydrogens is 222 g/mol. The SMILES string of the molecule is Cc1cc(C(C)C)ccc1OC1CCN(C)CC1. The first-order valence-electron chi connectivity index (χ1n) is 7.02. The molecule has 2 nitrogen and oxygen atoms in total. The first-order valence-corrected chi connectivity index (χ1v) is 7.02. The summed E-state index contributed by atoms with van der Waals surface area (Å²) in [6.45, 7) is 8.90. The number of aryl methyl sites for hydroxylation is 1. The minimum Gasteiger partial charge on any atom is -0.490 e. The van der Waals surface area contributed by atoms with Crippen molar-refractivity contribution in [1.82, 2.24) is 4.90 Å². The summed E-state index contributed by atoms with van der Waals surface area (Å²) in [4.78, 5) is 2.37. The highest BCUT2D eigenvalue weighted by Gasteiger charge is 2.18. The minimum absolute atomic E-state index is 0.393. The smallest absolute Gasteiger partial charge is 0.122 e. The van der Waals surface area contributed by atoms with Gasteiger partial charge in [0.15, 0.2) is 0 Å². The summed E-state index contributed by atoms with van der Waals surface area (Å²) in [7, 11) is 2.18. The molecule has 1 heterocycles. The van der Waals surface area contributed by atoms with Crippen molar-refractivity contribution in [1.29, 1.82) is 0 Å². The van der Waals surface area contributed by atoms with Gasteiger partial charge in [0.25, 0.3) is 0 Å². The zero-order valence-electron chi connectivity index (χ0n) is 12.1. The highest BCUT2D eigenvalue weighted by Crippen LogP contribution is 2.26. The van der Waals surface area contributed by atoms with Gasteiger partial charge in [0.05, 0.1) is 0 Å². The van der Waals surface area contributed by atoms with E-state index >= 15 is 0 Å². The molecule has 0 unspecified atom stereocenters. The van der Waals surface area contributed by atoms with Crippen LogP contribution in [0.25, 0.3) is 0 Å². The highest BCUT2D eigenvalue weighted by molar-refractivity contribution is 5.37. The van der Waals surface area contributed by atoms with Gasteiger partial charge in [-0.05, 0) is 49.9 Å². The van der Waals surface area contributed by atoms with Crippen LogP contribution in [0.15, 0.2) is 18.2 Å². The molecular formula is C16H25NO. The Kier molecular flexibility index (Phi) is 4.28. The number of ether oxygens (including phenoxy) is 1. The first kappa shape index (κ1) is 13.4. The molecule has 2 rings (SSSR count). The van der Waals surface area contributed by atoms with Gasteiger partial charge in [0, 0.05) is 13.1 Å². The third-order valence-corrected chi connectivity index (χ3v) is 3.82. The molecule has 1 aliphatic heterocycles. The van der Waals surface area contributed by atoms with E-state index in [4.69, 9.17) is 4.74 Å². The molecule has 0 bridgehead atoms.